The van der Waals surface area contributed by atoms with Crippen molar-refractivity contribution in [2.24, 2.45) is 5.73 Å². The first-order valence-electron chi connectivity index (χ1n) is 14.3. The first-order valence-corrected chi connectivity index (χ1v) is 14.3. The van der Waals surface area contributed by atoms with Crippen molar-refractivity contribution in [1.29, 1.82) is 0 Å². The molecule has 1 heterocycles. The monoisotopic (exact) mass is 556 g/mol. The van der Waals surface area contributed by atoms with Crippen LogP contribution < -0.4 is 21.1 Å². The summed E-state index contributed by atoms with van der Waals surface area (Å²) < 4.78 is 5.44. The van der Waals surface area contributed by atoms with Crippen molar-refractivity contribution in [3.63, 3.8) is 0 Å². The van der Waals surface area contributed by atoms with E-state index in [0.717, 1.165) is 28.0 Å². The van der Waals surface area contributed by atoms with Crippen LogP contribution in [0.1, 0.15) is 47.9 Å². The molecular formula is C33H40N4O4. The van der Waals surface area contributed by atoms with Gasteiger partial charge in [0.25, 0.3) is 0 Å². The molecule has 2 atom stereocenters. The van der Waals surface area contributed by atoms with E-state index in [1.165, 1.54) is 0 Å². The Hall–Kier alpha value is -4.01. The third-order valence-corrected chi connectivity index (χ3v) is 7.41. The van der Waals surface area contributed by atoms with Crippen LogP contribution >= 0.6 is 0 Å². The number of ether oxygens (including phenoxy) is 1. The molecule has 0 radical (unpaired) electrons. The first kappa shape index (κ1) is 30.0. The van der Waals surface area contributed by atoms with Gasteiger partial charge < -0.3 is 26.0 Å². The minimum Gasteiger partial charge on any atom is -0.494 e. The molecule has 3 aromatic carbocycles. The van der Waals surface area contributed by atoms with Gasteiger partial charge in [0.2, 0.25) is 11.8 Å². The maximum Gasteiger partial charge on any atom is 0.243 e. The molecular weight excluding hydrogens is 516 g/mol. The van der Waals surface area contributed by atoms with Crippen LogP contribution in [-0.2, 0) is 33.9 Å². The minimum absolute atomic E-state index is 0.0451. The lowest BCUT2D eigenvalue weighted by Gasteiger charge is -2.28. The molecule has 1 aliphatic rings. The number of rotatable bonds is 14. The largest absolute Gasteiger partial charge is 0.494 e. The van der Waals surface area contributed by atoms with Crippen LogP contribution in [0.5, 0.6) is 5.75 Å². The molecule has 0 saturated carbocycles. The molecule has 4 N–H and O–H groups in total. The van der Waals surface area contributed by atoms with Gasteiger partial charge in [0.15, 0.2) is 5.78 Å². The summed E-state index contributed by atoms with van der Waals surface area (Å²) in [7, 11) is 0. The lowest BCUT2D eigenvalue weighted by molar-refractivity contribution is -0.138. The number of amides is 2. The van der Waals surface area contributed by atoms with Crippen molar-refractivity contribution in [2.45, 2.75) is 51.2 Å². The van der Waals surface area contributed by atoms with Crippen molar-refractivity contribution in [3.05, 3.63) is 101 Å². The molecule has 2 amide bonds. The SMILES string of the molecule is CCOc1ccc(CC(=O)CNCCC(=O)N2CCC(c3ccccc3)C2C(=O)NCc2ccc(CN)cc2)cc1. The number of carbonyl (C=O) groups excluding carboxylic acids is 3. The Balaban J connectivity index is 1.30. The van der Waals surface area contributed by atoms with Crippen LogP contribution in [0.15, 0.2) is 78.9 Å². The van der Waals surface area contributed by atoms with Gasteiger partial charge in [-0.15, -0.1) is 0 Å². The summed E-state index contributed by atoms with van der Waals surface area (Å²) in [6.45, 7) is 4.43. The molecule has 2 unspecified atom stereocenters. The summed E-state index contributed by atoms with van der Waals surface area (Å²) in [5.41, 5.74) is 9.66. The molecule has 41 heavy (non-hydrogen) atoms. The fourth-order valence-corrected chi connectivity index (χ4v) is 5.26. The van der Waals surface area contributed by atoms with Crippen LogP contribution in [0.2, 0.25) is 0 Å². The van der Waals surface area contributed by atoms with Gasteiger partial charge in [-0.05, 0) is 47.7 Å². The maximum atomic E-state index is 13.5. The van der Waals surface area contributed by atoms with Gasteiger partial charge >= 0.3 is 0 Å². The van der Waals surface area contributed by atoms with Crippen molar-refractivity contribution < 1.29 is 19.1 Å². The van der Waals surface area contributed by atoms with Gasteiger partial charge in [0, 0.05) is 44.9 Å². The second-order valence-electron chi connectivity index (χ2n) is 10.3. The fourth-order valence-electron chi connectivity index (χ4n) is 5.26. The molecule has 1 saturated heterocycles. The zero-order valence-corrected chi connectivity index (χ0v) is 23.7. The summed E-state index contributed by atoms with van der Waals surface area (Å²) in [6, 6.07) is 24.6. The highest BCUT2D eigenvalue weighted by atomic mass is 16.5. The summed E-state index contributed by atoms with van der Waals surface area (Å²) in [5.74, 6) is 0.491. The van der Waals surface area contributed by atoms with Crippen LogP contribution in [0.3, 0.4) is 0 Å². The van der Waals surface area contributed by atoms with E-state index in [4.69, 9.17) is 10.5 Å². The van der Waals surface area contributed by atoms with E-state index < -0.39 is 6.04 Å². The lowest BCUT2D eigenvalue weighted by Crippen LogP contribution is -2.48. The third-order valence-electron chi connectivity index (χ3n) is 7.41. The number of nitrogens with one attached hydrogen (secondary N) is 2. The standard InChI is InChI=1S/C33H40N4O4/c1-2-41-29-14-12-24(13-15-29)20-28(38)23-35-18-16-31(39)37-19-17-30(27-6-4-3-5-7-27)32(37)33(40)36-22-26-10-8-25(21-34)9-11-26/h3-15,30,32,35H,2,16-23,34H2,1H3,(H,36,40). The predicted molar refractivity (Wildman–Crippen MR) is 159 cm³/mol. The molecule has 216 valence electrons. The first-order chi connectivity index (χ1) is 20.0. The zero-order chi connectivity index (χ0) is 29.0. The maximum absolute atomic E-state index is 13.5. The van der Waals surface area contributed by atoms with Crippen molar-refractivity contribution in [2.75, 3.05) is 26.2 Å². The summed E-state index contributed by atoms with van der Waals surface area (Å²) >= 11 is 0. The highest BCUT2D eigenvalue weighted by molar-refractivity contribution is 5.89. The number of ketones is 1. The fraction of sp³-hybridized carbons (Fsp3) is 0.364. The second-order valence-corrected chi connectivity index (χ2v) is 10.3. The average molecular weight is 557 g/mol. The minimum atomic E-state index is -0.588. The van der Waals surface area contributed by atoms with E-state index in [0.29, 0.717) is 45.6 Å². The number of nitrogens with two attached hydrogens (primary N) is 1. The average Bonchev–Trinajstić information content (AvgIpc) is 3.45. The molecule has 4 rings (SSSR count). The van der Waals surface area contributed by atoms with Crippen molar-refractivity contribution in [3.8, 4) is 5.75 Å². The highest BCUT2D eigenvalue weighted by Gasteiger charge is 2.42. The van der Waals surface area contributed by atoms with Crippen LogP contribution in [0, 0.1) is 0 Å². The highest BCUT2D eigenvalue weighted by Crippen LogP contribution is 2.34. The lowest BCUT2D eigenvalue weighted by atomic mass is 9.91. The Labute approximate surface area is 242 Å². The van der Waals surface area contributed by atoms with Gasteiger partial charge in [-0.2, -0.15) is 0 Å². The normalized spacial score (nSPS) is 16.4. The topological polar surface area (TPSA) is 114 Å². The van der Waals surface area contributed by atoms with E-state index in [-0.39, 0.29) is 36.5 Å². The van der Waals surface area contributed by atoms with E-state index in [1.807, 2.05) is 85.8 Å². The molecule has 8 nitrogen and oxygen atoms in total. The van der Waals surface area contributed by atoms with E-state index in [1.54, 1.807) is 4.90 Å². The Morgan fingerprint density at radius 3 is 2.29 bits per heavy atom. The molecule has 1 fully saturated rings. The molecule has 0 aliphatic carbocycles. The molecule has 1 aliphatic heterocycles. The summed E-state index contributed by atoms with van der Waals surface area (Å²) in [6.07, 6.45) is 1.24. The quantitative estimate of drug-likeness (QED) is 0.263. The predicted octanol–water partition coefficient (Wildman–Crippen LogP) is 3.34. The van der Waals surface area contributed by atoms with Gasteiger partial charge in [0.1, 0.15) is 11.8 Å². The Bertz CT molecular complexity index is 1280. The molecule has 0 aromatic heterocycles. The Morgan fingerprint density at radius 2 is 1.61 bits per heavy atom. The van der Waals surface area contributed by atoms with Gasteiger partial charge in [-0.3, -0.25) is 14.4 Å². The van der Waals surface area contributed by atoms with E-state index in [2.05, 4.69) is 10.6 Å². The molecule has 3 aromatic rings. The number of hydrogen-bond donors (Lipinski definition) is 3. The van der Waals surface area contributed by atoms with Crippen molar-refractivity contribution >= 4 is 17.6 Å². The zero-order valence-electron chi connectivity index (χ0n) is 23.7. The van der Waals surface area contributed by atoms with Crippen LogP contribution in [0.25, 0.3) is 0 Å². The number of carbonyl (C=O) groups is 3. The molecule has 8 heteroatoms. The van der Waals surface area contributed by atoms with Crippen molar-refractivity contribution in [1.82, 2.24) is 15.5 Å². The number of Topliss-reactive ketones (excluding diaryl/α,β-unsaturated/α-hetero) is 1. The van der Waals surface area contributed by atoms with Crippen LogP contribution in [-0.4, -0.2) is 54.8 Å². The smallest absolute Gasteiger partial charge is 0.243 e. The van der Waals surface area contributed by atoms with E-state index >= 15 is 0 Å². The summed E-state index contributed by atoms with van der Waals surface area (Å²) in [4.78, 5) is 40.9. The number of hydrogen-bond acceptors (Lipinski definition) is 6. The van der Waals surface area contributed by atoms with Gasteiger partial charge in [-0.25, -0.2) is 0 Å². The van der Waals surface area contributed by atoms with Crippen LogP contribution in [0.4, 0.5) is 0 Å². The molecule has 0 bridgehead atoms. The summed E-state index contributed by atoms with van der Waals surface area (Å²) in [5, 5.41) is 6.15. The van der Waals surface area contributed by atoms with E-state index in [9.17, 15) is 14.4 Å². The number of nitrogens with zero attached hydrogens (tertiary/aromatic N) is 1. The molecule has 0 spiro atoms. The Morgan fingerprint density at radius 1 is 0.927 bits per heavy atom. The Kier molecular flexibility index (Phi) is 11.0. The number of benzene rings is 3. The number of likely N-dealkylation sites (tertiary alicyclic amines) is 1. The van der Waals surface area contributed by atoms with Gasteiger partial charge in [-0.1, -0.05) is 66.7 Å². The second kappa shape index (κ2) is 15.1. The van der Waals surface area contributed by atoms with Gasteiger partial charge in [0.05, 0.1) is 13.2 Å². The third kappa shape index (κ3) is 8.49.